The van der Waals surface area contributed by atoms with Gasteiger partial charge in [0.05, 0.1) is 11.4 Å². The van der Waals surface area contributed by atoms with Crippen LogP contribution in [-0.4, -0.2) is 49.1 Å². The van der Waals surface area contributed by atoms with E-state index in [2.05, 4.69) is 55.4 Å². The molecular weight excluding hydrogens is 536 g/mol. The molecule has 10 nitrogen and oxygen atoms in total. The zero-order valence-electron chi connectivity index (χ0n) is 26.1. The van der Waals surface area contributed by atoms with Crippen molar-refractivity contribution in [2.75, 3.05) is 0 Å². The molecule has 0 radical (unpaired) electrons. The van der Waals surface area contributed by atoms with Gasteiger partial charge in [-0.3, -0.25) is 0 Å². The third kappa shape index (κ3) is 5.29. The van der Waals surface area contributed by atoms with Crippen LogP contribution in [0.2, 0.25) is 0 Å². The van der Waals surface area contributed by atoms with Crippen LogP contribution in [-0.2, 0) is 16.5 Å². The molecule has 0 atom stereocenters. The fraction of sp³-hybridized carbons (Fsp3) is 0.333. The molecule has 4 heterocycles. The molecule has 0 aliphatic heterocycles. The van der Waals surface area contributed by atoms with Crippen molar-refractivity contribution in [2.24, 2.45) is 0 Å². The predicted octanol–water partition coefficient (Wildman–Crippen LogP) is 6.41. The molecule has 0 aliphatic carbocycles. The normalized spacial score (nSPS) is 12.7. The third-order valence-corrected chi connectivity index (χ3v) is 7.42. The molecule has 0 bridgehead atoms. The van der Waals surface area contributed by atoms with Gasteiger partial charge in [-0.05, 0) is 26.0 Å². The quantitative estimate of drug-likeness (QED) is 0.228. The Hall–Kier alpha value is -4.86. The molecule has 0 saturated heterocycles. The average Bonchev–Trinajstić information content (AvgIpc) is 3.78. The van der Waals surface area contributed by atoms with Crippen molar-refractivity contribution in [2.45, 2.75) is 71.9 Å². The van der Waals surface area contributed by atoms with E-state index in [1.807, 2.05) is 94.6 Å². The Morgan fingerprint density at radius 2 is 0.837 bits per heavy atom. The molecule has 0 amide bonds. The van der Waals surface area contributed by atoms with Crippen LogP contribution >= 0.6 is 0 Å². The van der Waals surface area contributed by atoms with Gasteiger partial charge in [-0.1, -0.05) is 102 Å². The van der Waals surface area contributed by atoms with E-state index in [1.54, 1.807) is 9.36 Å². The first-order chi connectivity index (χ1) is 20.3. The summed E-state index contributed by atoms with van der Waals surface area (Å²) in [5, 5.41) is 19.7. The van der Waals surface area contributed by atoms with Gasteiger partial charge < -0.3 is 0 Å². The van der Waals surface area contributed by atoms with Crippen LogP contribution in [0.15, 0.2) is 85.2 Å². The Kier molecular flexibility index (Phi) is 6.67. The maximum atomic E-state index is 5.05. The Morgan fingerprint density at radius 3 is 1.16 bits per heavy atom. The molecule has 0 N–H and O–H groups in total. The van der Waals surface area contributed by atoms with Gasteiger partial charge in [-0.25, -0.2) is 18.7 Å². The molecule has 0 saturated carbocycles. The van der Waals surface area contributed by atoms with E-state index in [1.165, 1.54) is 0 Å². The molecule has 4 aromatic heterocycles. The predicted molar refractivity (Wildman–Crippen MR) is 167 cm³/mol. The smallest absolute Gasteiger partial charge is 0.216 e. The van der Waals surface area contributed by atoms with Gasteiger partial charge in [0.2, 0.25) is 0 Å². The van der Waals surface area contributed by atoms with Gasteiger partial charge in [0.15, 0.2) is 17.3 Å². The second kappa shape index (κ2) is 10.1. The Labute approximate surface area is 252 Å². The first-order valence-electron chi connectivity index (χ1n) is 14.5. The molecule has 6 rings (SSSR count). The summed E-state index contributed by atoms with van der Waals surface area (Å²) in [4.78, 5) is 10.0. The fourth-order valence-corrected chi connectivity index (χ4v) is 4.87. The zero-order valence-corrected chi connectivity index (χ0v) is 26.1. The molecule has 0 unspecified atom stereocenters. The molecule has 0 aliphatic rings. The van der Waals surface area contributed by atoms with Gasteiger partial charge in [0.1, 0.15) is 0 Å². The lowest BCUT2D eigenvalue weighted by atomic mass is 9.93. The Bertz CT molecular complexity index is 1720. The van der Waals surface area contributed by atoms with E-state index < -0.39 is 5.66 Å². The lowest BCUT2D eigenvalue weighted by molar-refractivity contribution is 0.240. The van der Waals surface area contributed by atoms with E-state index in [0.717, 1.165) is 22.5 Å². The van der Waals surface area contributed by atoms with Gasteiger partial charge in [0.25, 0.3) is 11.9 Å². The maximum absolute atomic E-state index is 5.05. The highest BCUT2D eigenvalue weighted by molar-refractivity contribution is 5.58. The number of hydrogen-bond donors (Lipinski definition) is 0. The number of benzene rings is 2. The van der Waals surface area contributed by atoms with Gasteiger partial charge in [-0.2, -0.15) is 20.2 Å². The van der Waals surface area contributed by atoms with Gasteiger partial charge in [0, 0.05) is 34.4 Å². The second-order valence-corrected chi connectivity index (χ2v) is 13.3. The average molecular weight is 575 g/mol. The Morgan fingerprint density at radius 1 is 0.465 bits per heavy atom. The number of hydrogen-bond acceptors (Lipinski definition) is 6. The molecular formula is C33H38N10. The Balaban J connectivity index is 1.54. The van der Waals surface area contributed by atoms with Crippen molar-refractivity contribution in [1.29, 1.82) is 0 Å². The lowest BCUT2D eigenvalue weighted by Crippen LogP contribution is -2.38. The summed E-state index contributed by atoms with van der Waals surface area (Å²) >= 11 is 0. The molecule has 220 valence electrons. The maximum Gasteiger partial charge on any atom is 0.270 e. The minimum Gasteiger partial charge on any atom is -0.216 e. The van der Waals surface area contributed by atoms with Crippen LogP contribution in [0.1, 0.15) is 66.8 Å². The summed E-state index contributed by atoms with van der Waals surface area (Å²) < 4.78 is 7.29. The highest BCUT2D eigenvalue weighted by atomic mass is 15.6. The first-order valence-corrected chi connectivity index (χ1v) is 14.5. The van der Waals surface area contributed by atoms with Crippen molar-refractivity contribution >= 4 is 0 Å². The van der Waals surface area contributed by atoms with E-state index in [9.17, 15) is 0 Å². The highest BCUT2D eigenvalue weighted by Gasteiger charge is 2.34. The van der Waals surface area contributed by atoms with Crippen LogP contribution in [0.25, 0.3) is 34.7 Å². The van der Waals surface area contributed by atoms with Crippen LogP contribution < -0.4 is 0 Å². The minimum atomic E-state index is -0.840. The van der Waals surface area contributed by atoms with Crippen LogP contribution in [0.5, 0.6) is 0 Å². The van der Waals surface area contributed by atoms with Crippen LogP contribution in [0.4, 0.5) is 0 Å². The fourth-order valence-electron chi connectivity index (χ4n) is 4.87. The lowest BCUT2D eigenvalue weighted by Gasteiger charge is -2.28. The molecule has 0 fully saturated rings. The van der Waals surface area contributed by atoms with E-state index in [0.29, 0.717) is 23.5 Å². The third-order valence-electron chi connectivity index (χ3n) is 7.42. The highest BCUT2D eigenvalue weighted by Crippen LogP contribution is 2.31. The summed E-state index contributed by atoms with van der Waals surface area (Å²) in [5.74, 6) is 2.34. The summed E-state index contributed by atoms with van der Waals surface area (Å²) in [6.45, 7) is 17.0. The zero-order chi connectivity index (χ0) is 30.6. The van der Waals surface area contributed by atoms with E-state index >= 15 is 0 Å². The topological polar surface area (TPSA) is 97.1 Å². The van der Waals surface area contributed by atoms with Crippen LogP contribution in [0, 0.1) is 0 Å². The van der Waals surface area contributed by atoms with Crippen molar-refractivity contribution in [3.63, 3.8) is 0 Å². The summed E-state index contributed by atoms with van der Waals surface area (Å²) in [7, 11) is 0. The monoisotopic (exact) mass is 574 g/mol. The van der Waals surface area contributed by atoms with Gasteiger partial charge >= 0.3 is 0 Å². The first kappa shape index (κ1) is 28.3. The summed E-state index contributed by atoms with van der Waals surface area (Å²) in [6, 6.07) is 24.2. The van der Waals surface area contributed by atoms with Crippen LogP contribution in [0.3, 0.4) is 0 Å². The number of rotatable bonds is 6. The van der Waals surface area contributed by atoms with Crippen molar-refractivity contribution < 1.29 is 0 Å². The number of nitrogens with zero attached hydrogens (tertiary/aromatic N) is 10. The molecule has 43 heavy (non-hydrogen) atoms. The van der Waals surface area contributed by atoms with E-state index in [4.69, 9.17) is 30.4 Å². The summed E-state index contributed by atoms with van der Waals surface area (Å²) in [5.41, 5.74) is 2.75. The molecule has 0 spiro atoms. The molecule has 2 aromatic carbocycles. The van der Waals surface area contributed by atoms with Crippen molar-refractivity contribution in [1.82, 2.24) is 49.1 Å². The van der Waals surface area contributed by atoms with E-state index in [-0.39, 0.29) is 10.8 Å². The SMILES string of the molecule is CC(C)(C)c1ccn(-c2nc(-c3ccccc3)n(C(C)(C)n3nc(-n4ccc(C(C)(C)C)n4)nc3-c3ccccc3)n2)n1. The standard InChI is InChI=1S/C33H38N10/c1-31(2,3)25-19-21-40(36-25)29-34-27(23-15-11-9-12-16-23)42(38-29)33(7,8)43-28(24-17-13-10-14-18-24)35-30(39-43)41-22-20-26(37-41)32(4,5)6/h9-22H,1-8H3. The minimum absolute atomic E-state index is 0.101. The largest absolute Gasteiger partial charge is 0.270 e. The number of aromatic nitrogens is 10. The second-order valence-electron chi connectivity index (χ2n) is 13.3. The molecule has 10 heteroatoms. The molecule has 6 aromatic rings. The summed E-state index contributed by atoms with van der Waals surface area (Å²) in [6.07, 6.45) is 3.82. The van der Waals surface area contributed by atoms with Crippen molar-refractivity contribution in [3.05, 3.63) is 96.6 Å². The van der Waals surface area contributed by atoms with Gasteiger partial charge in [-0.15, -0.1) is 10.2 Å². The van der Waals surface area contributed by atoms with Crippen molar-refractivity contribution in [3.8, 4) is 34.7 Å².